The molecule has 0 aliphatic carbocycles. The molecule has 76 valence electrons. The molecule has 0 aromatic heterocycles. The Hall–Kier alpha value is -1.59. The molecule has 0 aliphatic heterocycles. The van der Waals surface area contributed by atoms with E-state index < -0.39 is 11.7 Å². The van der Waals surface area contributed by atoms with Crippen LogP contribution in [-0.4, -0.2) is 27.1 Å². The summed E-state index contributed by atoms with van der Waals surface area (Å²) in [4.78, 5) is 10.6. The third-order valence-corrected chi connectivity index (χ3v) is 1.82. The zero-order valence-electron chi connectivity index (χ0n) is 7.58. The molecular weight excluding hydrogens is 186 g/mol. The molecule has 1 aromatic rings. The number of anilines is 1. The summed E-state index contributed by atoms with van der Waals surface area (Å²) in [6, 6.07) is 7.93. The van der Waals surface area contributed by atoms with E-state index in [0.717, 1.165) is 6.92 Å². The summed E-state index contributed by atoms with van der Waals surface area (Å²) < 4.78 is 0. The molecule has 1 rings (SSSR count). The van der Waals surface area contributed by atoms with Crippen LogP contribution in [0.15, 0.2) is 30.3 Å². The van der Waals surface area contributed by atoms with Crippen molar-refractivity contribution < 1.29 is 20.2 Å². The Labute approximate surface area is 80.8 Å². The van der Waals surface area contributed by atoms with Gasteiger partial charge in [-0.1, -0.05) is 18.2 Å². The van der Waals surface area contributed by atoms with Crippen molar-refractivity contribution in [2.45, 2.75) is 12.6 Å². The van der Waals surface area contributed by atoms with Crippen LogP contribution in [0.5, 0.6) is 0 Å². The van der Waals surface area contributed by atoms with Crippen molar-refractivity contribution in [1.29, 1.82) is 0 Å². The summed E-state index contributed by atoms with van der Waals surface area (Å²) in [7, 11) is 0. The van der Waals surface area contributed by atoms with Crippen LogP contribution >= 0.6 is 0 Å². The molecule has 0 aliphatic rings. The largest absolute Gasteiger partial charge is 0.478 e. The molecule has 0 spiro atoms. The van der Waals surface area contributed by atoms with Gasteiger partial charge in [0.2, 0.25) is 0 Å². The fraction of sp³-hybridized carbons (Fsp3) is 0.222. The lowest BCUT2D eigenvalue weighted by Gasteiger charge is -2.28. The fourth-order valence-electron chi connectivity index (χ4n) is 0.911. The number of para-hydroxylation sites is 1. The van der Waals surface area contributed by atoms with Crippen LogP contribution < -0.4 is 5.06 Å². The Bertz CT molecular complexity index is 323. The molecule has 0 heterocycles. The summed E-state index contributed by atoms with van der Waals surface area (Å²) in [6.45, 7) is 0.988. The molecule has 5 heteroatoms. The first-order valence-electron chi connectivity index (χ1n) is 3.96. The Balaban J connectivity index is 2.96. The van der Waals surface area contributed by atoms with Gasteiger partial charge in [0, 0.05) is 0 Å². The maximum absolute atomic E-state index is 10.6. The van der Waals surface area contributed by atoms with Crippen molar-refractivity contribution >= 4 is 11.7 Å². The van der Waals surface area contributed by atoms with Gasteiger partial charge >= 0.3 is 5.97 Å². The van der Waals surface area contributed by atoms with E-state index in [1.165, 1.54) is 12.1 Å². The van der Waals surface area contributed by atoms with E-state index in [-0.39, 0.29) is 5.69 Å². The number of aliphatic carboxylic acids is 1. The average Bonchev–Trinajstić information content (AvgIpc) is 2.17. The minimum absolute atomic E-state index is 0.208. The highest BCUT2D eigenvalue weighted by molar-refractivity contribution is 5.79. The van der Waals surface area contributed by atoms with Crippen molar-refractivity contribution in [3.8, 4) is 0 Å². The smallest absolute Gasteiger partial charge is 0.359 e. The van der Waals surface area contributed by atoms with Crippen LogP contribution in [0.25, 0.3) is 0 Å². The lowest BCUT2D eigenvalue weighted by molar-refractivity contribution is -0.162. The fourth-order valence-corrected chi connectivity index (χ4v) is 0.911. The SMILES string of the molecule is C[C@@](O)(C(=O)O)N(O)c1ccccc1. The molecule has 0 fully saturated rings. The van der Waals surface area contributed by atoms with Gasteiger partial charge in [-0.3, -0.25) is 5.21 Å². The third-order valence-electron chi connectivity index (χ3n) is 1.82. The van der Waals surface area contributed by atoms with Gasteiger partial charge in [0.1, 0.15) is 0 Å². The topological polar surface area (TPSA) is 81.0 Å². The van der Waals surface area contributed by atoms with Crippen molar-refractivity contribution in [2.75, 3.05) is 5.06 Å². The zero-order chi connectivity index (χ0) is 10.8. The van der Waals surface area contributed by atoms with Crippen molar-refractivity contribution in [1.82, 2.24) is 0 Å². The second-order valence-corrected chi connectivity index (χ2v) is 2.97. The molecule has 0 saturated carbocycles. The highest BCUT2D eigenvalue weighted by atomic mass is 16.6. The highest BCUT2D eigenvalue weighted by Gasteiger charge is 2.37. The van der Waals surface area contributed by atoms with E-state index >= 15 is 0 Å². The summed E-state index contributed by atoms with van der Waals surface area (Å²) in [5.74, 6) is -1.52. The number of aliphatic hydroxyl groups is 1. The molecule has 0 radical (unpaired) electrons. The summed E-state index contributed by atoms with van der Waals surface area (Å²) in [5, 5.41) is 27.7. The Kier molecular flexibility index (Phi) is 2.73. The first-order valence-corrected chi connectivity index (χ1v) is 3.96. The van der Waals surface area contributed by atoms with Gasteiger partial charge in [0.05, 0.1) is 5.69 Å². The van der Waals surface area contributed by atoms with E-state index in [1.807, 2.05) is 0 Å². The molecule has 0 saturated heterocycles. The van der Waals surface area contributed by atoms with Gasteiger partial charge < -0.3 is 10.2 Å². The number of hydroxylamine groups is 1. The van der Waals surface area contributed by atoms with Gasteiger partial charge in [-0.2, -0.15) is 0 Å². The second-order valence-electron chi connectivity index (χ2n) is 2.97. The lowest BCUT2D eigenvalue weighted by Crippen LogP contribution is -2.51. The van der Waals surface area contributed by atoms with Gasteiger partial charge in [0.15, 0.2) is 0 Å². The number of hydrogen-bond donors (Lipinski definition) is 3. The van der Waals surface area contributed by atoms with Gasteiger partial charge in [-0.15, -0.1) is 0 Å². The molecular formula is C9H11NO4. The number of benzene rings is 1. The predicted octanol–water partition coefficient (Wildman–Crippen LogP) is 0.675. The lowest BCUT2D eigenvalue weighted by atomic mass is 10.2. The molecule has 0 bridgehead atoms. The Morgan fingerprint density at radius 2 is 1.86 bits per heavy atom. The normalized spacial score (nSPS) is 14.5. The maximum atomic E-state index is 10.6. The third kappa shape index (κ3) is 1.84. The van der Waals surface area contributed by atoms with Crippen LogP contribution in [0.3, 0.4) is 0 Å². The molecule has 3 N–H and O–H groups in total. The monoisotopic (exact) mass is 197 g/mol. The van der Waals surface area contributed by atoms with Gasteiger partial charge in [-0.25, -0.2) is 9.86 Å². The van der Waals surface area contributed by atoms with Gasteiger partial charge in [-0.05, 0) is 19.1 Å². The number of carbonyl (C=O) groups is 1. The van der Waals surface area contributed by atoms with Gasteiger partial charge in [0.25, 0.3) is 5.72 Å². The Morgan fingerprint density at radius 3 is 2.29 bits per heavy atom. The van der Waals surface area contributed by atoms with Crippen LogP contribution in [0, 0.1) is 0 Å². The minimum atomic E-state index is -2.33. The van der Waals surface area contributed by atoms with E-state index in [0.29, 0.717) is 5.06 Å². The number of carboxylic acid groups (broad SMARTS) is 1. The first kappa shape index (κ1) is 10.5. The number of hydrogen-bond acceptors (Lipinski definition) is 4. The molecule has 1 aromatic carbocycles. The van der Waals surface area contributed by atoms with Crippen LogP contribution in [0.4, 0.5) is 5.69 Å². The standard InChI is InChI=1S/C9H11NO4/c1-9(13,8(11)12)10(14)7-5-3-2-4-6-7/h2-6,13-14H,1H3,(H,11,12)/t9-/m1/s1. The van der Waals surface area contributed by atoms with E-state index in [9.17, 15) is 15.1 Å². The summed E-state index contributed by atoms with van der Waals surface area (Å²) in [6.07, 6.45) is 0. The maximum Gasteiger partial charge on any atom is 0.359 e. The molecule has 0 amide bonds. The van der Waals surface area contributed by atoms with Crippen LogP contribution in [0.1, 0.15) is 6.92 Å². The zero-order valence-corrected chi connectivity index (χ0v) is 7.58. The summed E-state index contributed by atoms with van der Waals surface area (Å²) >= 11 is 0. The summed E-state index contributed by atoms with van der Waals surface area (Å²) in [5.41, 5.74) is -2.12. The van der Waals surface area contributed by atoms with E-state index in [1.54, 1.807) is 18.2 Å². The predicted molar refractivity (Wildman–Crippen MR) is 49.0 cm³/mol. The highest BCUT2D eigenvalue weighted by Crippen LogP contribution is 2.19. The second kappa shape index (κ2) is 3.65. The molecule has 1 atom stereocenters. The minimum Gasteiger partial charge on any atom is -0.478 e. The molecule has 14 heavy (non-hydrogen) atoms. The van der Waals surface area contributed by atoms with E-state index in [2.05, 4.69) is 0 Å². The van der Waals surface area contributed by atoms with Crippen LogP contribution in [-0.2, 0) is 4.79 Å². The first-order chi connectivity index (χ1) is 6.46. The quantitative estimate of drug-likeness (QED) is 0.490. The molecule has 0 unspecified atom stereocenters. The molecule has 5 nitrogen and oxygen atoms in total. The van der Waals surface area contributed by atoms with Crippen molar-refractivity contribution in [2.24, 2.45) is 0 Å². The number of rotatable bonds is 3. The van der Waals surface area contributed by atoms with Crippen molar-refractivity contribution in [3.05, 3.63) is 30.3 Å². The van der Waals surface area contributed by atoms with Crippen molar-refractivity contribution in [3.63, 3.8) is 0 Å². The average molecular weight is 197 g/mol. The van der Waals surface area contributed by atoms with Crippen LogP contribution in [0.2, 0.25) is 0 Å². The Morgan fingerprint density at radius 1 is 1.36 bits per heavy atom. The number of nitrogens with zero attached hydrogens (tertiary/aromatic N) is 1. The number of carboxylic acids is 1. The van der Waals surface area contributed by atoms with E-state index in [4.69, 9.17) is 5.11 Å².